The van der Waals surface area contributed by atoms with E-state index in [-0.39, 0.29) is 99.5 Å². The highest BCUT2D eigenvalue weighted by molar-refractivity contribution is 6.39. The van der Waals surface area contributed by atoms with Crippen molar-refractivity contribution >= 4 is 35.1 Å². The number of hydrogen-bond donors (Lipinski definition) is 4. The topological polar surface area (TPSA) is 234 Å². The fraction of sp³-hybridized carbons (Fsp3) is 0.754. The lowest BCUT2D eigenvalue weighted by atomic mass is 9.78. The Labute approximate surface area is 440 Å². The molecule has 4 rings (SSSR count). The number of carbonyl (C=O) groups is 6. The third-order valence-electron chi connectivity index (χ3n) is 15.7. The molecule has 2 bridgehead atoms. The average Bonchev–Trinajstić information content (AvgIpc) is 3.38. The fourth-order valence-corrected chi connectivity index (χ4v) is 11.0. The zero-order chi connectivity index (χ0) is 54.7. The molecule has 1 aliphatic carbocycles. The second-order valence-electron chi connectivity index (χ2n) is 21.6. The van der Waals surface area contributed by atoms with Gasteiger partial charge in [-0.15, -0.1) is 0 Å². The summed E-state index contributed by atoms with van der Waals surface area (Å²) in [6.07, 6.45) is 12.0. The van der Waals surface area contributed by atoms with E-state index in [0.717, 1.165) is 12.0 Å². The van der Waals surface area contributed by atoms with E-state index < -0.39 is 77.8 Å². The van der Waals surface area contributed by atoms with E-state index in [2.05, 4.69) is 5.32 Å². The first-order valence-electron chi connectivity index (χ1n) is 27.2. The number of rotatable bonds is 13. The largest absolute Gasteiger partial charge is 0.460 e. The molecule has 15 atom stereocenters. The van der Waals surface area contributed by atoms with Crippen LogP contribution in [0.5, 0.6) is 0 Å². The van der Waals surface area contributed by atoms with Crippen molar-refractivity contribution in [1.82, 2.24) is 10.2 Å². The molecule has 2 amide bonds. The summed E-state index contributed by atoms with van der Waals surface area (Å²) in [5, 5.41) is 35.7. The molecule has 3 heterocycles. The van der Waals surface area contributed by atoms with Crippen LogP contribution in [0.2, 0.25) is 0 Å². The molecule has 3 fully saturated rings. The number of Topliss-reactive ketones (excluding diaryl/α,β-unsaturated/α-hetero) is 3. The smallest absolute Gasteiger partial charge is 0.329 e. The molecule has 4 aliphatic rings. The molecule has 1 saturated carbocycles. The second-order valence-corrected chi connectivity index (χ2v) is 21.6. The predicted octanol–water partition coefficient (Wildman–Crippen LogP) is 6.09. The first-order valence-corrected chi connectivity index (χ1v) is 27.2. The Morgan fingerprint density at radius 3 is 2.32 bits per heavy atom. The van der Waals surface area contributed by atoms with Crippen molar-refractivity contribution in [1.29, 1.82) is 0 Å². The number of ether oxygens (including phenoxy) is 6. The van der Waals surface area contributed by atoms with Gasteiger partial charge < -0.3 is 54.0 Å². The van der Waals surface area contributed by atoms with Gasteiger partial charge in [-0.3, -0.25) is 24.0 Å². The van der Waals surface area contributed by atoms with Gasteiger partial charge in [-0.2, -0.15) is 0 Å². The van der Waals surface area contributed by atoms with Crippen LogP contribution in [0.4, 0.5) is 0 Å². The number of methoxy groups -OCH3 is 2. The Morgan fingerprint density at radius 2 is 1.64 bits per heavy atom. The van der Waals surface area contributed by atoms with Gasteiger partial charge in [0, 0.05) is 71.4 Å². The maximum atomic E-state index is 14.6. The number of esters is 1. The first-order chi connectivity index (χ1) is 35.2. The Bertz CT molecular complexity index is 1980. The number of aliphatic hydroxyl groups excluding tert-OH is 2. The molecular formula is C57H90N2O15. The third-order valence-corrected chi connectivity index (χ3v) is 15.7. The minimum Gasteiger partial charge on any atom is -0.460 e. The highest BCUT2D eigenvalue weighted by Crippen LogP contribution is 2.38. The standard InChI is InChI=1S/C57H90N2O15/c1-35-17-12-11-13-18-36(2)47(71-27-16-20-50(62)58-8)33-43-23-21-41(7)57(68,74-43)54(65)55(66)59-25-15-14-19-44(59)56(67)73-48(38(4)31-42-22-24-46(72-28-26-60)49(32-42)69-9)34-45(61)37(3)30-40(6)52(64)53(70-10)51(63)39(5)29-35/h11-13,17-18,30,35,37-39,41-44,46-49,52-53,60,64,68H,14-16,19-29,31-34H2,1-10H3,(H,58,62)/b13-11+,17-12+,36-18+,40-30+/t35-,37-,38-,39-,41-,42?,43+,44+,46-,47?,48?,49-,52-,53+,57-/m1/s1. The summed E-state index contributed by atoms with van der Waals surface area (Å²) in [6, 6.07) is -1.18. The van der Waals surface area contributed by atoms with Gasteiger partial charge in [0.15, 0.2) is 5.78 Å². The molecule has 3 aliphatic heterocycles. The van der Waals surface area contributed by atoms with Crippen LogP contribution in [0.25, 0.3) is 0 Å². The number of piperidine rings is 1. The van der Waals surface area contributed by atoms with Gasteiger partial charge in [-0.1, -0.05) is 71.1 Å². The monoisotopic (exact) mass is 1040 g/mol. The van der Waals surface area contributed by atoms with E-state index in [1.165, 1.54) is 12.0 Å². The van der Waals surface area contributed by atoms with Gasteiger partial charge in [-0.05, 0) is 113 Å². The quantitative estimate of drug-likeness (QED) is 0.0707. The zero-order valence-electron chi connectivity index (χ0n) is 46.0. The lowest BCUT2D eigenvalue weighted by Gasteiger charge is -2.43. The number of fused-ring (bicyclic) bond motifs is 3. The van der Waals surface area contributed by atoms with E-state index in [1.807, 2.05) is 51.2 Å². The summed E-state index contributed by atoms with van der Waals surface area (Å²) in [4.78, 5) is 84.7. The summed E-state index contributed by atoms with van der Waals surface area (Å²) in [5.74, 6) is -8.43. The molecule has 3 unspecified atom stereocenters. The van der Waals surface area contributed by atoms with Crippen LogP contribution in [-0.2, 0) is 57.2 Å². The fourth-order valence-electron chi connectivity index (χ4n) is 11.0. The molecule has 74 heavy (non-hydrogen) atoms. The Morgan fingerprint density at radius 1 is 0.892 bits per heavy atom. The first kappa shape index (κ1) is 62.6. The highest BCUT2D eigenvalue weighted by atomic mass is 16.6. The average molecular weight is 1040 g/mol. The number of ketones is 3. The predicted molar refractivity (Wildman–Crippen MR) is 278 cm³/mol. The van der Waals surface area contributed by atoms with Crippen LogP contribution in [0, 0.1) is 35.5 Å². The molecule has 0 aromatic carbocycles. The summed E-state index contributed by atoms with van der Waals surface area (Å²) in [6.45, 7) is 13.0. The highest BCUT2D eigenvalue weighted by Gasteiger charge is 2.53. The molecule has 17 heteroatoms. The van der Waals surface area contributed by atoms with Gasteiger partial charge in [0.05, 0.1) is 37.6 Å². The second kappa shape index (κ2) is 30.7. The van der Waals surface area contributed by atoms with Crippen LogP contribution in [0.1, 0.15) is 138 Å². The van der Waals surface area contributed by atoms with Gasteiger partial charge in [0.25, 0.3) is 11.7 Å². The van der Waals surface area contributed by atoms with Crippen LogP contribution in [0.3, 0.4) is 0 Å². The molecular weight excluding hydrogens is 953 g/mol. The van der Waals surface area contributed by atoms with Crippen LogP contribution in [0.15, 0.2) is 47.6 Å². The van der Waals surface area contributed by atoms with E-state index in [0.29, 0.717) is 63.4 Å². The maximum absolute atomic E-state index is 14.6. The normalized spacial score (nSPS) is 36.9. The van der Waals surface area contributed by atoms with Crippen molar-refractivity contribution in [2.45, 2.75) is 193 Å². The van der Waals surface area contributed by atoms with Crippen molar-refractivity contribution in [2.24, 2.45) is 35.5 Å². The Kier molecular flexibility index (Phi) is 26.0. The van der Waals surface area contributed by atoms with Crippen molar-refractivity contribution in [2.75, 3.05) is 47.6 Å². The minimum atomic E-state index is -2.50. The van der Waals surface area contributed by atoms with Gasteiger partial charge >= 0.3 is 5.97 Å². The zero-order valence-corrected chi connectivity index (χ0v) is 46.0. The summed E-state index contributed by atoms with van der Waals surface area (Å²) < 4.78 is 36.2. The number of hydrogen-bond acceptors (Lipinski definition) is 15. The van der Waals surface area contributed by atoms with Crippen molar-refractivity contribution in [3.8, 4) is 0 Å². The number of allylic oxidation sites excluding steroid dienone is 6. The molecule has 4 N–H and O–H groups in total. The van der Waals surface area contributed by atoms with E-state index >= 15 is 0 Å². The SMILES string of the molecule is CNC(=O)CCCOC1C[C@@H]2CC[C@@H](C)[C@@](O)(O2)C(=O)C(=O)N2CCCC[C@H]2C(=O)OC([C@H](C)CC2CC[C@@H](OCCO)[C@H](OC)C2)CC(=O)[C@H](C)/C=C(\C)[C@@H](O)[C@@H](OC)C(=O)[C@H](C)C[C@H](C)/C=C/C=C/C=C/1C. The lowest BCUT2D eigenvalue weighted by Crippen LogP contribution is -2.61. The molecule has 0 radical (unpaired) electrons. The van der Waals surface area contributed by atoms with Gasteiger partial charge in [0.1, 0.15) is 30.1 Å². The van der Waals surface area contributed by atoms with Crippen molar-refractivity contribution in [3.05, 3.63) is 47.6 Å². The summed E-state index contributed by atoms with van der Waals surface area (Å²) in [7, 11) is 4.57. The minimum absolute atomic E-state index is 0.0215. The summed E-state index contributed by atoms with van der Waals surface area (Å²) in [5.41, 5.74) is 1.19. The lowest BCUT2D eigenvalue weighted by molar-refractivity contribution is -0.266. The molecule has 0 aromatic heterocycles. The number of nitrogens with one attached hydrogen (secondary N) is 1. The van der Waals surface area contributed by atoms with Crippen molar-refractivity contribution < 1.29 is 72.5 Å². The number of carbonyl (C=O) groups excluding carboxylic acids is 6. The number of aliphatic hydroxyl groups is 3. The Hall–Kier alpha value is -3.94. The molecule has 0 spiro atoms. The van der Waals surface area contributed by atoms with Crippen LogP contribution < -0.4 is 5.32 Å². The van der Waals surface area contributed by atoms with Crippen LogP contribution in [-0.4, -0.2) is 158 Å². The van der Waals surface area contributed by atoms with Gasteiger partial charge in [-0.25, -0.2) is 4.79 Å². The molecule has 17 nitrogen and oxygen atoms in total. The molecule has 0 aromatic rings. The van der Waals surface area contributed by atoms with Crippen LogP contribution >= 0.6 is 0 Å². The van der Waals surface area contributed by atoms with E-state index in [9.17, 15) is 44.1 Å². The molecule has 2 saturated heterocycles. The van der Waals surface area contributed by atoms with Crippen molar-refractivity contribution in [3.63, 3.8) is 0 Å². The maximum Gasteiger partial charge on any atom is 0.329 e. The van der Waals surface area contributed by atoms with Gasteiger partial charge in [0.2, 0.25) is 11.7 Å². The number of nitrogens with zero attached hydrogens (tertiary/aromatic N) is 1. The number of amides is 2. The van der Waals surface area contributed by atoms with E-state index in [1.54, 1.807) is 47.9 Å². The summed E-state index contributed by atoms with van der Waals surface area (Å²) >= 11 is 0. The molecule has 418 valence electrons. The number of cyclic esters (lactones) is 1. The third kappa shape index (κ3) is 17.8. The Balaban J connectivity index is 1.71. The van der Waals surface area contributed by atoms with E-state index in [4.69, 9.17) is 28.4 Å².